The number of carbonyl (C=O) groups is 1. The van der Waals surface area contributed by atoms with E-state index < -0.39 is 0 Å². The summed E-state index contributed by atoms with van der Waals surface area (Å²) in [7, 11) is 1.77. The molecular formula is C15H13BrIN5O2. The Morgan fingerprint density at radius 2 is 2.08 bits per heavy atom. The van der Waals surface area contributed by atoms with Gasteiger partial charge in [0.2, 0.25) is 0 Å². The first kappa shape index (κ1) is 17.0. The number of aromatic nitrogens is 4. The fraction of sp³-hybridized carbons (Fsp3) is 0.133. The lowest BCUT2D eigenvalue weighted by Crippen LogP contribution is -2.14. The third-order valence-electron chi connectivity index (χ3n) is 3.07. The molecule has 0 bridgehead atoms. The van der Waals surface area contributed by atoms with Gasteiger partial charge in [-0.15, -0.1) is 0 Å². The van der Waals surface area contributed by atoms with Gasteiger partial charge in [0.1, 0.15) is 5.75 Å². The van der Waals surface area contributed by atoms with Crippen molar-refractivity contribution in [1.82, 2.24) is 19.6 Å². The maximum atomic E-state index is 12.2. The predicted molar refractivity (Wildman–Crippen MR) is 101 cm³/mol. The van der Waals surface area contributed by atoms with Crippen LogP contribution in [0.25, 0.3) is 0 Å². The van der Waals surface area contributed by atoms with Crippen LogP contribution in [-0.2, 0) is 13.8 Å². The van der Waals surface area contributed by atoms with Crippen molar-refractivity contribution in [3.63, 3.8) is 0 Å². The largest absolute Gasteiger partial charge is 0.471 e. The van der Waals surface area contributed by atoms with Gasteiger partial charge in [0.05, 0.1) is 21.7 Å². The van der Waals surface area contributed by atoms with Crippen molar-refractivity contribution in [1.29, 1.82) is 0 Å². The molecule has 9 heteroatoms. The first-order valence-corrected chi connectivity index (χ1v) is 8.80. The lowest BCUT2D eigenvalue weighted by atomic mass is 10.3. The Morgan fingerprint density at radius 1 is 1.33 bits per heavy atom. The first-order chi connectivity index (χ1) is 11.5. The topological polar surface area (TPSA) is 74.0 Å². The summed E-state index contributed by atoms with van der Waals surface area (Å²) in [6.07, 6.45) is 5.05. The Hall–Kier alpha value is -1.88. The standard InChI is InChI=1S/C15H13BrIN5O2/c1-21-8-13(17)14(20-21)15(23)19-11-6-18-22(7-11)9-24-12-4-2-10(16)3-5-12/h2-8H,9H2,1H3,(H,19,23). The number of nitrogens with one attached hydrogen (secondary N) is 1. The number of ether oxygens (including phenoxy) is 1. The second kappa shape index (κ2) is 7.34. The van der Waals surface area contributed by atoms with Gasteiger partial charge in [-0.1, -0.05) is 15.9 Å². The van der Waals surface area contributed by atoms with E-state index in [9.17, 15) is 4.79 Å². The molecule has 2 aromatic heterocycles. The van der Waals surface area contributed by atoms with E-state index in [2.05, 4.69) is 54.0 Å². The van der Waals surface area contributed by atoms with Crippen LogP contribution in [0.15, 0.2) is 47.3 Å². The van der Waals surface area contributed by atoms with E-state index >= 15 is 0 Å². The maximum absolute atomic E-state index is 12.2. The zero-order valence-electron chi connectivity index (χ0n) is 12.6. The molecular weight excluding hydrogens is 489 g/mol. The van der Waals surface area contributed by atoms with Gasteiger partial charge < -0.3 is 10.1 Å². The Bertz CT molecular complexity index is 859. The molecule has 1 aromatic carbocycles. The molecule has 0 spiro atoms. The minimum Gasteiger partial charge on any atom is -0.471 e. The molecule has 1 amide bonds. The number of rotatable bonds is 5. The van der Waals surface area contributed by atoms with Gasteiger partial charge in [-0.25, -0.2) is 4.68 Å². The van der Waals surface area contributed by atoms with Gasteiger partial charge in [0.25, 0.3) is 5.91 Å². The monoisotopic (exact) mass is 501 g/mol. The van der Waals surface area contributed by atoms with Crippen molar-refractivity contribution >= 4 is 50.1 Å². The molecule has 1 N–H and O–H groups in total. The summed E-state index contributed by atoms with van der Waals surface area (Å²) in [6, 6.07) is 7.52. The average Bonchev–Trinajstić information content (AvgIpc) is 3.12. The molecule has 0 aliphatic heterocycles. The summed E-state index contributed by atoms with van der Waals surface area (Å²) in [4.78, 5) is 12.2. The minimum absolute atomic E-state index is 0.249. The molecule has 0 fully saturated rings. The molecule has 0 saturated carbocycles. The van der Waals surface area contributed by atoms with Crippen molar-refractivity contribution in [3.8, 4) is 5.75 Å². The minimum atomic E-state index is -0.270. The van der Waals surface area contributed by atoms with Crippen LogP contribution in [0.3, 0.4) is 0 Å². The summed E-state index contributed by atoms with van der Waals surface area (Å²) in [5, 5.41) is 11.1. The van der Waals surface area contributed by atoms with Crippen molar-refractivity contribution in [2.24, 2.45) is 7.05 Å². The van der Waals surface area contributed by atoms with Gasteiger partial charge in [-0.3, -0.25) is 9.48 Å². The highest BCUT2D eigenvalue weighted by molar-refractivity contribution is 14.1. The molecule has 124 valence electrons. The van der Waals surface area contributed by atoms with Gasteiger partial charge in [0.15, 0.2) is 12.4 Å². The Labute approximate surface area is 160 Å². The molecule has 0 aliphatic carbocycles. The highest BCUT2D eigenvalue weighted by Crippen LogP contribution is 2.17. The predicted octanol–water partition coefficient (Wildman–Crippen LogP) is 3.27. The van der Waals surface area contributed by atoms with Crippen molar-refractivity contribution in [2.75, 3.05) is 5.32 Å². The van der Waals surface area contributed by atoms with E-state index in [4.69, 9.17) is 4.74 Å². The summed E-state index contributed by atoms with van der Waals surface area (Å²) in [5.74, 6) is 0.468. The van der Waals surface area contributed by atoms with Crippen LogP contribution in [-0.4, -0.2) is 25.5 Å². The smallest absolute Gasteiger partial charge is 0.277 e. The highest BCUT2D eigenvalue weighted by Gasteiger charge is 2.15. The van der Waals surface area contributed by atoms with Crippen LogP contribution >= 0.6 is 38.5 Å². The molecule has 24 heavy (non-hydrogen) atoms. The Kier molecular flexibility index (Phi) is 5.19. The third-order valence-corrected chi connectivity index (χ3v) is 4.39. The molecule has 0 radical (unpaired) electrons. The molecule has 7 nitrogen and oxygen atoms in total. The van der Waals surface area contributed by atoms with E-state index in [1.54, 1.807) is 35.0 Å². The van der Waals surface area contributed by atoms with E-state index in [-0.39, 0.29) is 12.6 Å². The van der Waals surface area contributed by atoms with E-state index in [0.29, 0.717) is 11.4 Å². The van der Waals surface area contributed by atoms with E-state index in [0.717, 1.165) is 13.8 Å². The summed E-state index contributed by atoms with van der Waals surface area (Å²) < 4.78 is 10.6. The van der Waals surface area contributed by atoms with Gasteiger partial charge >= 0.3 is 0 Å². The number of nitrogens with zero attached hydrogens (tertiary/aromatic N) is 4. The summed E-state index contributed by atoms with van der Waals surface area (Å²) >= 11 is 5.45. The van der Waals surface area contributed by atoms with Crippen LogP contribution in [0.5, 0.6) is 5.75 Å². The molecule has 2 heterocycles. The summed E-state index contributed by atoms with van der Waals surface area (Å²) in [5.41, 5.74) is 0.970. The van der Waals surface area contributed by atoms with Crippen LogP contribution < -0.4 is 10.1 Å². The Balaban J connectivity index is 1.60. The van der Waals surface area contributed by atoms with E-state index in [1.807, 2.05) is 24.3 Å². The quantitative estimate of drug-likeness (QED) is 0.544. The van der Waals surface area contributed by atoms with Crippen molar-refractivity contribution in [3.05, 3.63) is 56.6 Å². The number of carbonyl (C=O) groups excluding carboxylic acids is 1. The zero-order valence-corrected chi connectivity index (χ0v) is 16.4. The molecule has 0 atom stereocenters. The van der Waals surface area contributed by atoms with Crippen molar-refractivity contribution < 1.29 is 9.53 Å². The molecule has 3 aromatic rings. The number of aryl methyl sites for hydroxylation is 1. The number of benzene rings is 1. The SMILES string of the molecule is Cn1cc(I)c(C(=O)Nc2cnn(COc3ccc(Br)cc3)c2)n1. The van der Waals surface area contributed by atoms with Crippen LogP contribution in [0.2, 0.25) is 0 Å². The number of anilines is 1. The molecule has 0 saturated heterocycles. The lowest BCUT2D eigenvalue weighted by molar-refractivity contribution is 0.102. The summed E-state index contributed by atoms with van der Waals surface area (Å²) in [6.45, 7) is 0.249. The first-order valence-electron chi connectivity index (χ1n) is 6.92. The van der Waals surface area contributed by atoms with Crippen LogP contribution in [0.1, 0.15) is 10.5 Å². The zero-order chi connectivity index (χ0) is 17.1. The second-order valence-electron chi connectivity index (χ2n) is 4.95. The van der Waals surface area contributed by atoms with Gasteiger partial charge in [-0.05, 0) is 46.9 Å². The number of hydrogen-bond donors (Lipinski definition) is 1. The lowest BCUT2D eigenvalue weighted by Gasteiger charge is -2.05. The number of hydrogen-bond acceptors (Lipinski definition) is 4. The van der Waals surface area contributed by atoms with Gasteiger partial charge in [-0.2, -0.15) is 10.2 Å². The maximum Gasteiger partial charge on any atom is 0.277 e. The van der Waals surface area contributed by atoms with Crippen molar-refractivity contribution in [2.45, 2.75) is 6.73 Å². The number of halogens is 2. The molecule has 0 unspecified atom stereocenters. The average molecular weight is 502 g/mol. The van der Waals surface area contributed by atoms with E-state index in [1.165, 1.54) is 0 Å². The highest BCUT2D eigenvalue weighted by atomic mass is 127. The van der Waals surface area contributed by atoms with Crippen LogP contribution in [0.4, 0.5) is 5.69 Å². The fourth-order valence-corrected chi connectivity index (χ4v) is 2.99. The molecule has 3 rings (SSSR count). The van der Waals surface area contributed by atoms with Crippen LogP contribution in [0, 0.1) is 3.57 Å². The second-order valence-corrected chi connectivity index (χ2v) is 7.03. The third kappa shape index (κ3) is 4.15. The fourth-order valence-electron chi connectivity index (χ4n) is 1.97. The molecule has 0 aliphatic rings. The normalized spacial score (nSPS) is 10.6. The Morgan fingerprint density at radius 3 is 2.75 bits per heavy atom. The van der Waals surface area contributed by atoms with Gasteiger partial charge in [0, 0.05) is 17.7 Å². The number of amides is 1.